The van der Waals surface area contributed by atoms with E-state index >= 15 is 0 Å². The summed E-state index contributed by atoms with van der Waals surface area (Å²) >= 11 is 3.40. The quantitative estimate of drug-likeness (QED) is 0.756. The highest BCUT2D eigenvalue weighted by atomic mass is 79.9. The third kappa shape index (κ3) is 3.80. The summed E-state index contributed by atoms with van der Waals surface area (Å²) in [4.78, 5) is 18.4. The molecule has 3 nitrogen and oxygen atoms in total. The fourth-order valence-electron chi connectivity index (χ4n) is 1.91. The third-order valence-electron chi connectivity index (χ3n) is 2.85. The molecule has 17 heavy (non-hydrogen) atoms. The molecule has 1 aromatic rings. The van der Waals surface area contributed by atoms with E-state index in [9.17, 15) is 4.79 Å². The number of pyridine rings is 1. The van der Waals surface area contributed by atoms with Gasteiger partial charge in [-0.3, -0.25) is 9.78 Å². The number of carbonyl (C=O) groups excluding carboxylic acids is 1. The first-order valence-corrected chi connectivity index (χ1v) is 7.14. The fourth-order valence-corrected chi connectivity index (χ4v) is 2.29. The van der Waals surface area contributed by atoms with E-state index in [1.54, 1.807) is 12.3 Å². The van der Waals surface area contributed by atoms with E-state index in [1.807, 2.05) is 17.0 Å². The number of carbonyl (C=O) groups is 1. The average Bonchev–Trinajstić information content (AvgIpc) is 2.39. The van der Waals surface area contributed by atoms with Crippen LogP contribution in [0.5, 0.6) is 0 Å². The van der Waals surface area contributed by atoms with Gasteiger partial charge in [0.15, 0.2) is 0 Å². The van der Waals surface area contributed by atoms with Crippen molar-refractivity contribution in [1.29, 1.82) is 0 Å². The maximum absolute atomic E-state index is 12.3. The van der Waals surface area contributed by atoms with Crippen LogP contribution in [0.3, 0.4) is 0 Å². The van der Waals surface area contributed by atoms with Crippen molar-refractivity contribution < 1.29 is 4.79 Å². The van der Waals surface area contributed by atoms with Gasteiger partial charge in [-0.2, -0.15) is 0 Å². The Bertz CT molecular complexity index is 339. The number of aromatic nitrogens is 1. The van der Waals surface area contributed by atoms with E-state index in [1.165, 1.54) is 0 Å². The van der Waals surface area contributed by atoms with E-state index in [0.29, 0.717) is 11.7 Å². The molecule has 0 aromatic carbocycles. The molecule has 0 fully saturated rings. The highest BCUT2D eigenvalue weighted by molar-refractivity contribution is 9.09. The standard InChI is InChI=1S/C13H19BrN2O/c1-3-11(4-2)16(10-8-14)13(17)12-7-5-6-9-15-12/h5-7,9,11H,3-4,8,10H2,1-2H3. The maximum Gasteiger partial charge on any atom is 0.272 e. The number of nitrogens with zero attached hydrogens (tertiary/aromatic N) is 2. The lowest BCUT2D eigenvalue weighted by Gasteiger charge is -2.29. The molecule has 1 heterocycles. The van der Waals surface area contributed by atoms with E-state index < -0.39 is 0 Å². The Kier molecular flexibility index (Phi) is 6.19. The minimum Gasteiger partial charge on any atom is -0.334 e. The first kappa shape index (κ1) is 14.2. The lowest BCUT2D eigenvalue weighted by molar-refractivity contribution is 0.0677. The van der Waals surface area contributed by atoms with Crippen molar-refractivity contribution in [3.05, 3.63) is 30.1 Å². The zero-order valence-corrected chi connectivity index (χ0v) is 12.0. The molecule has 94 valence electrons. The van der Waals surface area contributed by atoms with Crippen LogP contribution in [-0.4, -0.2) is 33.7 Å². The van der Waals surface area contributed by atoms with E-state index in [-0.39, 0.29) is 5.91 Å². The number of hydrogen-bond acceptors (Lipinski definition) is 2. The predicted molar refractivity (Wildman–Crippen MR) is 73.4 cm³/mol. The Morgan fingerprint density at radius 3 is 2.59 bits per heavy atom. The van der Waals surface area contributed by atoms with E-state index in [2.05, 4.69) is 34.8 Å². The third-order valence-corrected chi connectivity index (χ3v) is 3.21. The zero-order valence-electron chi connectivity index (χ0n) is 10.4. The Morgan fingerprint density at radius 1 is 1.41 bits per heavy atom. The summed E-state index contributed by atoms with van der Waals surface area (Å²) in [5, 5.41) is 0.794. The topological polar surface area (TPSA) is 33.2 Å². The summed E-state index contributed by atoms with van der Waals surface area (Å²) in [6.07, 6.45) is 3.61. The number of alkyl halides is 1. The van der Waals surface area contributed by atoms with Gasteiger partial charge in [0.1, 0.15) is 5.69 Å². The second-order valence-corrected chi connectivity index (χ2v) is 4.67. The molecule has 1 aromatic heterocycles. The molecule has 0 N–H and O–H groups in total. The predicted octanol–water partition coefficient (Wildman–Crippen LogP) is 3.11. The Balaban J connectivity index is 2.87. The molecule has 1 rings (SSSR count). The molecule has 0 spiro atoms. The van der Waals surface area contributed by atoms with Crippen molar-refractivity contribution in [3.8, 4) is 0 Å². The number of rotatable bonds is 6. The van der Waals surface area contributed by atoms with Gasteiger partial charge in [0.05, 0.1) is 0 Å². The maximum atomic E-state index is 12.3. The lowest BCUT2D eigenvalue weighted by Crippen LogP contribution is -2.41. The van der Waals surface area contributed by atoms with Crippen LogP contribution in [0.1, 0.15) is 37.2 Å². The minimum atomic E-state index is 0.0266. The van der Waals surface area contributed by atoms with Gasteiger partial charge in [-0.05, 0) is 25.0 Å². The van der Waals surface area contributed by atoms with Gasteiger partial charge in [0, 0.05) is 24.1 Å². The molecular formula is C13H19BrN2O. The Labute approximate surface area is 111 Å². The number of halogens is 1. The lowest BCUT2D eigenvalue weighted by atomic mass is 10.1. The van der Waals surface area contributed by atoms with E-state index in [0.717, 1.165) is 24.7 Å². The zero-order chi connectivity index (χ0) is 12.7. The first-order chi connectivity index (χ1) is 8.24. The van der Waals surface area contributed by atoms with Crippen molar-refractivity contribution >= 4 is 21.8 Å². The molecule has 0 atom stereocenters. The minimum absolute atomic E-state index is 0.0266. The molecule has 0 saturated heterocycles. The van der Waals surface area contributed by atoms with Gasteiger partial charge < -0.3 is 4.90 Å². The number of hydrogen-bond donors (Lipinski definition) is 0. The second-order valence-electron chi connectivity index (χ2n) is 3.87. The molecular weight excluding hydrogens is 280 g/mol. The van der Waals surface area contributed by atoms with Gasteiger partial charge in [0.25, 0.3) is 5.91 Å². The van der Waals surface area contributed by atoms with Crippen molar-refractivity contribution in [3.63, 3.8) is 0 Å². The monoisotopic (exact) mass is 298 g/mol. The van der Waals surface area contributed by atoms with Gasteiger partial charge in [-0.1, -0.05) is 35.8 Å². The van der Waals surface area contributed by atoms with E-state index in [4.69, 9.17) is 0 Å². The van der Waals surface area contributed by atoms with Crippen molar-refractivity contribution in [2.45, 2.75) is 32.7 Å². The van der Waals surface area contributed by atoms with Gasteiger partial charge in [0.2, 0.25) is 0 Å². The summed E-state index contributed by atoms with van der Waals surface area (Å²) < 4.78 is 0. The van der Waals surface area contributed by atoms with Crippen LogP contribution in [0, 0.1) is 0 Å². The Morgan fingerprint density at radius 2 is 2.12 bits per heavy atom. The largest absolute Gasteiger partial charge is 0.334 e. The molecule has 4 heteroatoms. The molecule has 0 radical (unpaired) electrons. The second kappa shape index (κ2) is 7.43. The normalized spacial score (nSPS) is 10.6. The molecule has 0 saturated carbocycles. The molecule has 0 aliphatic carbocycles. The van der Waals surface area contributed by atoms with Crippen molar-refractivity contribution in [1.82, 2.24) is 9.88 Å². The van der Waals surface area contributed by atoms with Gasteiger partial charge in [-0.25, -0.2) is 0 Å². The summed E-state index contributed by atoms with van der Waals surface area (Å²) in [7, 11) is 0. The van der Waals surface area contributed by atoms with Crippen LogP contribution < -0.4 is 0 Å². The fraction of sp³-hybridized carbons (Fsp3) is 0.538. The Hall–Kier alpha value is -0.900. The van der Waals surface area contributed by atoms with Crippen LogP contribution in [0.25, 0.3) is 0 Å². The van der Waals surface area contributed by atoms with Crippen LogP contribution in [0.4, 0.5) is 0 Å². The summed E-state index contributed by atoms with van der Waals surface area (Å²) in [6.45, 7) is 4.95. The average molecular weight is 299 g/mol. The molecule has 0 bridgehead atoms. The van der Waals surface area contributed by atoms with Crippen molar-refractivity contribution in [2.75, 3.05) is 11.9 Å². The summed E-state index contributed by atoms with van der Waals surface area (Å²) in [5.74, 6) is 0.0266. The molecule has 1 amide bonds. The SMILES string of the molecule is CCC(CC)N(CCBr)C(=O)c1ccccn1. The van der Waals surface area contributed by atoms with Gasteiger partial charge >= 0.3 is 0 Å². The summed E-state index contributed by atoms with van der Waals surface area (Å²) in [6, 6.07) is 5.73. The smallest absolute Gasteiger partial charge is 0.272 e. The van der Waals surface area contributed by atoms with Crippen LogP contribution in [0.2, 0.25) is 0 Å². The summed E-state index contributed by atoms with van der Waals surface area (Å²) in [5.41, 5.74) is 0.528. The number of amides is 1. The highest BCUT2D eigenvalue weighted by Gasteiger charge is 2.22. The van der Waals surface area contributed by atoms with Crippen LogP contribution in [0.15, 0.2) is 24.4 Å². The van der Waals surface area contributed by atoms with Crippen molar-refractivity contribution in [2.24, 2.45) is 0 Å². The molecule has 0 unspecified atom stereocenters. The van der Waals surface area contributed by atoms with Gasteiger partial charge in [-0.15, -0.1) is 0 Å². The highest BCUT2D eigenvalue weighted by Crippen LogP contribution is 2.12. The van der Waals surface area contributed by atoms with Crippen LogP contribution >= 0.6 is 15.9 Å². The molecule has 0 aliphatic heterocycles. The van der Waals surface area contributed by atoms with Crippen LogP contribution in [-0.2, 0) is 0 Å². The molecule has 0 aliphatic rings. The first-order valence-electron chi connectivity index (χ1n) is 6.02.